The molecule has 0 aliphatic rings. The summed E-state index contributed by atoms with van der Waals surface area (Å²) in [5.41, 5.74) is 0.163. The predicted octanol–water partition coefficient (Wildman–Crippen LogP) is 3.79. The van der Waals surface area contributed by atoms with Gasteiger partial charge in [-0.25, -0.2) is 16.8 Å². The van der Waals surface area contributed by atoms with Crippen LogP contribution >= 0.6 is 15.9 Å². The molecule has 27 heavy (non-hydrogen) atoms. The number of phenolic OH excluding ortho intramolecular Hbond substituents is 1. The van der Waals surface area contributed by atoms with Crippen LogP contribution in [0.3, 0.4) is 0 Å². The van der Waals surface area contributed by atoms with Gasteiger partial charge in [-0.15, -0.1) is 0 Å². The maximum absolute atomic E-state index is 12.8. The van der Waals surface area contributed by atoms with Gasteiger partial charge in [-0.3, -0.25) is 4.72 Å². The zero-order valence-electron chi connectivity index (χ0n) is 13.7. The SMILES string of the molecule is O=S(=O)(Nc1cccc(O)c1)c1cccc(S(=O)(=O)c2ccc(Br)cc2)c1. The molecule has 0 amide bonds. The monoisotopic (exact) mass is 467 g/mol. The second-order valence-electron chi connectivity index (χ2n) is 5.59. The van der Waals surface area contributed by atoms with Crippen LogP contribution in [0.1, 0.15) is 0 Å². The number of nitrogens with one attached hydrogen (secondary N) is 1. The highest BCUT2D eigenvalue weighted by atomic mass is 79.9. The van der Waals surface area contributed by atoms with Crippen LogP contribution in [0.25, 0.3) is 0 Å². The highest BCUT2D eigenvalue weighted by Gasteiger charge is 2.21. The molecule has 0 bridgehead atoms. The molecule has 0 unspecified atom stereocenters. The molecule has 0 saturated heterocycles. The van der Waals surface area contributed by atoms with Crippen molar-refractivity contribution < 1.29 is 21.9 Å². The number of benzene rings is 3. The standard InChI is InChI=1S/C18H14BrNO5S2/c19-13-7-9-16(10-8-13)26(22,23)17-5-2-6-18(12-17)27(24,25)20-14-3-1-4-15(21)11-14/h1-12,20-21H. The number of anilines is 1. The molecule has 2 N–H and O–H groups in total. The van der Waals surface area contributed by atoms with Gasteiger partial charge in [-0.2, -0.15) is 0 Å². The molecule has 9 heteroatoms. The topological polar surface area (TPSA) is 101 Å². The summed E-state index contributed by atoms with van der Waals surface area (Å²) >= 11 is 3.24. The number of rotatable bonds is 5. The summed E-state index contributed by atoms with van der Waals surface area (Å²) in [6.07, 6.45) is 0. The predicted molar refractivity (Wildman–Crippen MR) is 105 cm³/mol. The largest absolute Gasteiger partial charge is 0.508 e. The zero-order chi connectivity index (χ0) is 19.7. The van der Waals surface area contributed by atoms with E-state index in [1.165, 1.54) is 54.6 Å². The van der Waals surface area contributed by atoms with E-state index < -0.39 is 19.9 Å². The van der Waals surface area contributed by atoms with Gasteiger partial charge in [0.05, 0.1) is 20.4 Å². The van der Waals surface area contributed by atoms with E-state index in [4.69, 9.17) is 0 Å². The van der Waals surface area contributed by atoms with Gasteiger partial charge in [0.2, 0.25) is 9.84 Å². The van der Waals surface area contributed by atoms with Crippen molar-refractivity contribution in [1.29, 1.82) is 0 Å². The first kappa shape index (κ1) is 19.4. The molecule has 0 spiro atoms. The van der Waals surface area contributed by atoms with Crippen LogP contribution < -0.4 is 4.72 Å². The van der Waals surface area contributed by atoms with Crippen LogP contribution in [0.2, 0.25) is 0 Å². The minimum Gasteiger partial charge on any atom is -0.508 e. The van der Waals surface area contributed by atoms with Crippen molar-refractivity contribution in [2.24, 2.45) is 0 Å². The first-order valence-electron chi connectivity index (χ1n) is 7.61. The third-order valence-electron chi connectivity index (χ3n) is 3.65. The van der Waals surface area contributed by atoms with E-state index in [2.05, 4.69) is 20.7 Å². The third-order valence-corrected chi connectivity index (χ3v) is 7.32. The highest BCUT2D eigenvalue weighted by molar-refractivity contribution is 9.10. The molecule has 0 aliphatic heterocycles. The van der Waals surface area contributed by atoms with Crippen LogP contribution in [0.15, 0.2) is 92.0 Å². The fourth-order valence-electron chi connectivity index (χ4n) is 2.34. The Morgan fingerprint density at radius 3 is 2.04 bits per heavy atom. The lowest BCUT2D eigenvalue weighted by Crippen LogP contribution is -2.13. The molecule has 140 valence electrons. The Morgan fingerprint density at radius 2 is 1.37 bits per heavy atom. The summed E-state index contributed by atoms with van der Waals surface area (Å²) in [6, 6.07) is 16.8. The van der Waals surface area contributed by atoms with Gasteiger partial charge in [-0.05, 0) is 54.6 Å². The summed E-state index contributed by atoms with van der Waals surface area (Å²) < 4.78 is 53.7. The van der Waals surface area contributed by atoms with E-state index in [1.54, 1.807) is 12.1 Å². The normalized spacial score (nSPS) is 11.9. The van der Waals surface area contributed by atoms with E-state index in [0.29, 0.717) is 0 Å². The minimum absolute atomic E-state index is 0.0567. The van der Waals surface area contributed by atoms with Crippen LogP contribution in [0.5, 0.6) is 5.75 Å². The molecule has 0 fully saturated rings. The van der Waals surface area contributed by atoms with E-state index in [1.807, 2.05) is 0 Å². The molecule has 0 heterocycles. The third kappa shape index (κ3) is 4.32. The van der Waals surface area contributed by atoms with E-state index in [-0.39, 0.29) is 26.1 Å². The number of sulfone groups is 1. The average Bonchev–Trinajstić information content (AvgIpc) is 2.62. The van der Waals surface area contributed by atoms with Gasteiger partial charge >= 0.3 is 0 Å². The second-order valence-corrected chi connectivity index (χ2v) is 10.1. The Hall–Kier alpha value is -2.36. The number of sulfonamides is 1. The molecule has 6 nitrogen and oxygen atoms in total. The fraction of sp³-hybridized carbons (Fsp3) is 0. The number of phenols is 1. The second kappa shape index (κ2) is 7.34. The fourth-order valence-corrected chi connectivity index (χ4v) is 5.08. The molecular weight excluding hydrogens is 454 g/mol. The first-order chi connectivity index (χ1) is 12.7. The number of halogens is 1. The quantitative estimate of drug-likeness (QED) is 0.594. The summed E-state index contributed by atoms with van der Waals surface area (Å²) in [5.74, 6) is -0.0956. The lowest BCUT2D eigenvalue weighted by molar-refractivity contribution is 0.475. The Labute approximate surface area is 165 Å². The van der Waals surface area contributed by atoms with E-state index >= 15 is 0 Å². The van der Waals surface area contributed by atoms with Crippen LogP contribution in [-0.4, -0.2) is 21.9 Å². The molecular formula is C18H14BrNO5S2. The van der Waals surface area contributed by atoms with Gasteiger partial charge in [0.15, 0.2) is 0 Å². The lowest BCUT2D eigenvalue weighted by Gasteiger charge is -2.10. The Bertz CT molecular complexity index is 1190. The van der Waals surface area contributed by atoms with Crippen LogP contribution in [0.4, 0.5) is 5.69 Å². The molecule has 0 radical (unpaired) electrons. The van der Waals surface area contributed by atoms with Gasteiger partial charge in [0.25, 0.3) is 10.0 Å². The number of hydrogen-bond acceptors (Lipinski definition) is 5. The minimum atomic E-state index is -4.03. The van der Waals surface area contributed by atoms with Crippen molar-refractivity contribution in [3.63, 3.8) is 0 Å². The van der Waals surface area contributed by atoms with Crippen molar-refractivity contribution >= 4 is 41.5 Å². The first-order valence-corrected chi connectivity index (χ1v) is 11.4. The smallest absolute Gasteiger partial charge is 0.261 e. The maximum atomic E-state index is 12.8. The molecule has 0 atom stereocenters. The molecule has 0 aromatic heterocycles. The Kier molecular flexibility index (Phi) is 5.27. The summed E-state index contributed by atoms with van der Waals surface area (Å²) in [7, 11) is -7.91. The maximum Gasteiger partial charge on any atom is 0.261 e. The van der Waals surface area contributed by atoms with Crippen molar-refractivity contribution in [2.45, 2.75) is 14.7 Å². The summed E-state index contributed by atoms with van der Waals surface area (Å²) in [4.78, 5) is -0.283. The molecule has 3 rings (SSSR count). The summed E-state index contributed by atoms with van der Waals surface area (Å²) in [6.45, 7) is 0. The van der Waals surface area contributed by atoms with Gasteiger partial charge in [0, 0.05) is 10.5 Å². The zero-order valence-corrected chi connectivity index (χ0v) is 16.9. The van der Waals surface area contributed by atoms with Crippen LogP contribution in [0, 0.1) is 0 Å². The highest BCUT2D eigenvalue weighted by Crippen LogP contribution is 2.26. The van der Waals surface area contributed by atoms with Gasteiger partial charge in [-0.1, -0.05) is 28.1 Å². The van der Waals surface area contributed by atoms with Crippen molar-refractivity contribution in [3.05, 3.63) is 77.3 Å². The number of aromatic hydroxyl groups is 1. The Morgan fingerprint density at radius 1 is 0.741 bits per heavy atom. The van der Waals surface area contributed by atoms with Crippen molar-refractivity contribution in [3.8, 4) is 5.75 Å². The van der Waals surface area contributed by atoms with Crippen molar-refractivity contribution in [2.75, 3.05) is 4.72 Å². The molecule has 0 aliphatic carbocycles. The Balaban J connectivity index is 1.98. The molecule has 3 aromatic carbocycles. The van der Waals surface area contributed by atoms with E-state index in [9.17, 15) is 21.9 Å². The summed E-state index contributed by atoms with van der Waals surface area (Å²) in [5, 5.41) is 9.46. The molecule has 0 saturated carbocycles. The van der Waals surface area contributed by atoms with Crippen LogP contribution in [-0.2, 0) is 19.9 Å². The van der Waals surface area contributed by atoms with Gasteiger partial charge in [0.1, 0.15) is 5.75 Å². The number of hydrogen-bond donors (Lipinski definition) is 2. The molecule has 3 aromatic rings. The average molecular weight is 468 g/mol. The van der Waals surface area contributed by atoms with Gasteiger partial charge < -0.3 is 5.11 Å². The van der Waals surface area contributed by atoms with E-state index in [0.717, 1.165) is 10.5 Å². The lowest BCUT2D eigenvalue weighted by atomic mass is 10.3. The van der Waals surface area contributed by atoms with Crippen molar-refractivity contribution in [1.82, 2.24) is 0 Å².